The van der Waals surface area contributed by atoms with Crippen molar-refractivity contribution in [2.45, 2.75) is 0 Å². The molecule has 0 aromatic heterocycles. The van der Waals surface area contributed by atoms with Crippen molar-refractivity contribution < 1.29 is 0 Å². The van der Waals surface area contributed by atoms with Gasteiger partial charge in [-0.15, -0.1) is 0 Å². The van der Waals surface area contributed by atoms with Gasteiger partial charge in [-0.1, -0.05) is 146 Å². The molecule has 0 heterocycles. The highest BCUT2D eigenvalue weighted by Crippen LogP contribution is 2.35. The maximum atomic E-state index is 9.05. The Morgan fingerprint density at radius 1 is 0.262 bits per heavy atom. The van der Waals surface area contributed by atoms with Crippen LogP contribution in [0.5, 0.6) is 0 Å². The van der Waals surface area contributed by atoms with E-state index < -0.39 is 0 Å². The Balaban J connectivity index is 1.23. The standard InChI is InChI=1S/C54H33N7/c55-34-49(35-56)31-46-13-7-40(8-14-46)1-4-43-19-25-52(26-20-43)61(53-27-21-44(22-28-53)5-2-41-9-15-47(16-10-41)32-50(36-57)37-58)54-29-23-45(24-30-54)6-3-42-11-17-48(18-12-42)33-51(38-59)39-60/h1-33H/b4-1+,5-2+,6-3+. The van der Waals surface area contributed by atoms with Crippen molar-refractivity contribution in [2.75, 3.05) is 4.90 Å². The van der Waals surface area contributed by atoms with E-state index in [-0.39, 0.29) is 16.7 Å². The highest BCUT2D eigenvalue weighted by molar-refractivity contribution is 5.81. The summed E-state index contributed by atoms with van der Waals surface area (Å²) >= 11 is 0. The van der Waals surface area contributed by atoms with Gasteiger partial charge in [0.2, 0.25) is 0 Å². The number of hydrogen-bond acceptors (Lipinski definition) is 7. The summed E-state index contributed by atoms with van der Waals surface area (Å²) in [5.41, 5.74) is 11.5. The zero-order chi connectivity index (χ0) is 42.8. The van der Waals surface area contributed by atoms with Crippen molar-refractivity contribution in [2.24, 2.45) is 0 Å². The fourth-order valence-electron chi connectivity index (χ4n) is 6.11. The number of nitriles is 6. The van der Waals surface area contributed by atoms with E-state index in [2.05, 4.69) is 77.7 Å². The smallest absolute Gasteiger partial charge is 0.130 e. The fraction of sp³-hybridized carbons (Fsp3) is 0. The molecular weight excluding hydrogens is 747 g/mol. The van der Waals surface area contributed by atoms with E-state index >= 15 is 0 Å². The number of benzene rings is 6. The van der Waals surface area contributed by atoms with E-state index in [4.69, 9.17) is 31.6 Å². The van der Waals surface area contributed by atoms with Gasteiger partial charge in [0.05, 0.1) is 0 Å². The lowest BCUT2D eigenvalue weighted by molar-refractivity contribution is 1.28. The zero-order valence-corrected chi connectivity index (χ0v) is 32.7. The molecule has 61 heavy (non-hydrogen) atoms. The van der Waals surface area contributed by atoms with E-state index in [1.54, 1.807) is 18.2 Å². The third-order valence-corrected chi connectivity index (χ3v) is 9.32. The highest BCUT2D eigenvalue weighted by atomic mass is 15.1. The molecule has 0 unspecified atom stereocenters. The van der Waals surface area contributed by atoms with Gasteiger partial charge in [-0.2, -0.15) is 31.6 Å². The van der Waals surface area contributed by atoms with Crippen LogP contribution in [0.3, 0.4) is 0 Å². The van der Waals surface area contributed by atoms with E-state index in [1.807, 2.05) is 146 Å². The fourth-order valence-corrected chi connectivity index (χ4v) is 6.11. The SMILES string of the molecule is N#CC(C#N)=Cc1ccc(/C=C/c2ccc(N(c3ccc(/C=C/c4ccc(C=C(C#N)C#N)cc4)cc3)c3ccc(/C=C/c4ccc(C=C(C#N)C#N)cc4)cc3)cc2)cc1. The van der Waals surface area contributed by atoms with E-state index in [0.29, 0.717) is 0 Å². The first-order valence-corrected chi connectivity index (χ1v) is 18.9. The van der Waals surface area contributed by atoms with Crippen LogP contribution in [-0.4, -0.2) is 0 Å². The average Bonchev–Trinajstić information content (AvgIpc) is 3.32. The molecular formula is C54H33N7. The van der Waals surface area contributed by atoms with Crippen LogP contribution < -0.4 is 4.90 Å². The van der Waals surface area contributed by atoms with Crippen LogP contribution >= 0.6 is 0 Å². The molecule has 0 spiro atoms. The van der Waals surface area contributed by atoms with E-state index in [1.165, 1.54) is 0 Å². The summed E-state index contributed by atoms with van der Waals surface area (Å²) in [6, 6.07) is 59.2. The molecule has 0 N–H and O–H groups in total. The summed E-state index contributed by atoms with van der Waals surface area (Å²) in [6.45, 7) is 0. The van der Waals surface area contributed by atoms with E-state index in [0.717, 1.165) is 67.1 Å². The molecule has 0 saturated carbocycles. The molecule has 0 amide bonds. The number of rotatable bonds is 12. The Labute approximate surface area is 355 Å². The molecule has 0 aliphatic carbocycles. The van der Waals surface area contributed by atoms with Gasteiger partial charge in [0.1, 0.15) is 53.1 Å². The molecule has 0 fully saturated rings. The van der Waals surface area contributed by atoms with Crippen LogP contribution in [0.4, 0.5) is 17.1 Å². The van der Waals surface area contributed by atoms with Crippen LogP contribution in [0.1, 0.15) is 50.1 Å². The van der Waals surface area contributed by atoms with Crippen molar-refractivity contribution in [1.29, 1.82) is 31.6 Å². The molecule has 0 aliphatic heterocycles. The Hall–Kier alpha value is -9.50. The third kappa shape index (κ3) is 11.5. The second kappa shape index (κ2) is 20.6. The first-order valence-electron chi connectivity index (χ1n) is 18.9. The van der Waals surface area contributed by atoms with Gasteiger partial charge in [-0.05, 0) is 105 Å². The molecule has 0 atom stereocenters. The minimum atomic E-state index is 0.0585. The van der Waals surface area contributed by atoms with Crippen LogP contribution in [0.2, 0.25) is 0 Å². The first-order chi connectivity index (χ1) is 29.9. The maximum Gasteiger partial charge on any atom is 0.130 e. The van der Waals surface area contributed by atoms with Crippen molar-refractivity contribution in [1.82, 2.24) is 0 Å². The molecule has 0 bridgehead atoms. The predicted octanol–water partition coefficient (Wildman–Crippen LogP) is 13.0. The van der Waals surface area contributed by atoms with Crippen molar-refractivity contribution in [3.05, 3.63) is 212 Å². The van der Waals surface area contributed by atoms with Crippen LogP contribution in [-0.2, 0) is 0 Å². The summed E-state index contributed by atoms with van der Waals surface area (Å²) in [5.74, 6) is 0. The molecule has 284 valence electrons. The number of hydrogen-bond donors (Lipinski definition) is 0. The Morgan fingerprint density at radius 2 is 0.426 bits per heavy atom. The second-order valence-electron chi connectivity index (χ2n) is 13.5. The van der Waals surface area contributed by atoms with Gasteiger partial charge in [0, 0.05) is 17.1 Å². The summed E-state index contributed by atoms with van der Waals surface area (Å²) in [4.78, 5) is 2.20. The van der Waals surface area contributed by atoms with E-state index in [9.17, 15) is 0 Å². The van der Waals surface area contributed by atoms with Crippen molar-refractivity contribution in [3.63, 3.8) is 0 Å². The largest absolute Gasteiger partial charge is 0.311 e. The van der Waals surface area contributed by atoms with Crippen LogP contribution in [0.15, 0.2) is 162 Å². The molecule has 0 saturated heterocycles. The third-order valence-electron chi connectivity index (χ3n) is 9.32. The molecule has 7 heteroatoms. The van der Waals surface area contributed by atoms with Crippen LogP contribution in [0.25, 0.3) is 54.7 Å². The van der Waals surface area contributed by atoms with Crippen molar-refractivity contribution in [3.8, 4) is 36.4 Å². The van der Waals surface area contributed by atoms with Crippen LogP contribution in [0, 0.1) is 68.0 Å². The quantitative estimate of drug-likeness (QED) is 0.0887. The number of anilines is 3. The van der Waals surface area contributed by atoms with Crippen molar-refractivity contribution >= 4 is 71.7 Å². The molecule has 0 radical (unpaired) electrons. The lowest BCUT2D eigenvalue weighted by atomic mass is 10.1. The number of nitrogens with zero attached hydrogens (tertiary/aromatic N) is 7. The topological polar surface area (TPSA) is 146 Å². The molecule has 7 nitrogen and oxygen atoms in total. The molecule has 6 aromatic carbocycles. The first kappa shape index (κ1) is 41.1. The summed E-state index contributed by atoms with van der Waals surface area (Å²) in [5, 5.41) is 54.3. The van der Waals surface area contributed by atoms with Gasteiger partial charge in [-0.3, -0.25) is 0 Å². The summed E-state index contributed by atoms with van der Waals surface area (Å²) in [6.07, 6.45) is 16.9. The van der Waals surface area contributed by atoms with Gasteiger partial charge >= 0.3 is 0 Å². The predicted molar refractivity (Wildman–Crippen MR) is 245 cm³/mol. The zero-order valence-electron chi connectivity index (χ0n) is 32.7. The lowest BCUT2D eigenvalue weighted by Gasteiger charge is -2.26. The summed E-state index contributed by atoms with van der Waals surface area (Å²) < 4.78 is 0. The molecule has 0 aliphatic rings. The Morgan fingerprint density at radius 3 is 0.607 bits per heavy atom. The highest BCUT2D eigenvalue weighted by Gasteiger charge is 2.12. The Bertz CT molecular complexity index is 2580. The summed E-state index contributed by atoms with van der Waals surface area (Å²) in [7, 11) is 0. The second-order valence-corrected chi connectivity index (χ2v) is 13.5. The lowest BCUT2D eigenvalue weighted by Crippen LogP contribution is -2.09. The molecule has 6 rings (SSSR count). The maximum absolute atomic E-state index is 9.05. The minimum absolute atomic E-state index is 0.0585. The average molecular weight is 780 g/mol. The Kier molecular flexibility index (Phi) is 13.9. The monoisotopic (exact) mass is 779 g/mol. The normalized spacial score (nSPS) is 10.3. The van der Waals surface area contributed by atoms with Gasteiger partial charge in [-0.25, -0.2) is 0 Å². The molecule has 6 aromatic rings. The van der Waals surface area contributed by atoms with Gasteiger partial charge in [0.25, 0.3) is 0 Å². The number of allylic oxidation sites excluding steroid dienone is 3. The van der Waals surface area contributed by atoms with Gasteiger partial charge < -0.3 is 4.90 Å². The minimum Gasteiger partial charge on any atom is -0.311 e. The van der Waals surface area contributed by atoms with Gasteiger partial charge in [0.15, 0.2) is 0 Å².